The van der Waals surface area contributed by atoms with E-state index in [1.54, 1.807) is 30.5 Å². The van der Waals surface area contributed by atoms with Crippen LogP contribution in [0.4, 0.5) is 15.9 Å². The highest BCUT2D eigenvalue weighted by atomic mass is 32.1. The number of nitrogens with one attached hydrogen (secondary N) is 2. The summed E-state index contributed by atoms with van der Waals surface area (Å²) < 4.78 is 12.8. The number of halogens is 1. The maximum absolute atomic E-state index is 12.8. The third kappa shape index (κ3) is 4.39. The van der Waals surface area contributed by atoms with Gasteiger partial charge in [-0.2, -0.15) is 0 Å². The molecule has 0 aliphatic heterocycles. The van der Waals surface area contributed by atoms with E-state index in [9.17, 15) is 9.18 Å². The topological polar surface area (TPSA) is 54.0 Å². The molecule has 3 rings (SSSR count). The number of benzene rings is 1. The van der Waals surface area contributed by atoms with Crippen molar-refractivity contribution < 1.29 is 9.18 Å². The molecule has 1 amide bonds. The summed E-state index contributed by atoms with van der Waals surface area (Å²) in [6, 6.07) is 13.7. The smallest absolute Gasteiger partial charge is 0.265 e. The first-order chi connectivity index (χ1) is 11.7. The van der Waals surface area contributed by atoms with E-state index in [0.717, 1.165) is 17.8 Å². The minimum absolute atomic E-state index is 0.135. The molecule has 0 aliphatic carbocycles. The molecule has 0 aliphatic rings. The highest BCUT2D eigenvalue weighted by Gasteiger charge is 2.06. The molecule has 0 radical (unpaired) electrons. The van der Waals surface area contributed by atoms with Gasteiger partial charge in [-0.3, -0.25) is 4.79 Å². The second kappa shape index (κ2) is 7.70. The molecule has 6 heteroatoms. The fourth-order valence-corrected chi connectivity index (χ4v) is 2.78. The summed E-state index contributed by atoms with van der Waals surface area (Å²) in [5, 5.41) is 7.87. The molecular formula is C18H16FN3OS. The highest BCUT2D eigenvalue weighted by Crippen LogP contribution is 2.14. The summed E-state index contributed by atoms with van der Waals surface area (Å²) in [6.45, 7) is 0.694. The van der Waals surface area contributed by atoms with Gasteiger partial charge in [0, 0.05) is 6.54 Å². The minimum atomic E-state index is -0.228. The van der Waals surface area contributed by atoms with Gasteiger partial charge in [0.2, 0.25) is 0 Å². The van der Waals surface area contributed by atoms with E-state index < -0.39 is 0 Å². The fourth-order valence-electron chi connectivity index (χ4n) is 2.16. The number of hydrogen-bond acceptors (Lipinski definition) is 4. The first kappa shape index (κ1) is 16.1. The highest BCUT2D eigenvalue weighted by molar-refractivity contribution is 7.12. The van der Waals surface area contributed by atoms with Crippen LogP contribution in [0.25, 0.3) is 0 Å². The molecule has 3 aromatic rings. The summed E-state index contributed by atoms with van der Waals surface area (Å²) in [7, 11) is 0. The number of amides is 1. The Kier molecular flexibility index (Phi) is 5.18. The van der Waals surface area contributed by atoms with E-state index in [1.165, 1.54) is 23.5 Å². The van der Waals surface area contributed by atoms with Crippen LogP contribution in [0.5, 0.6) is 0 Å². The number of hydrogen-bond donors (Lipinski definition) is 2. The van der Waals surface area contributed by atoms with Crippen LogP contribution in [0, 0.1) is 5.82 Å². The van der Waals surface area contributed by atoms with Crippen molar-refractivity contribution in [3.8, 4) is 0 Å². The van der Waals surface area contributed by atoms with Gasteiger partial charge in [0.05, 0.1) is 16.8 Å². The lowest BCUT2D eigenvalue weighted by Crippen LogP contribution is -2.11. The molecule has 0 spiro atoms. The van der Waals surface area contributed by atoms with Crippen molar-refractivity contribution in [1.29, 1.82) is 0 Å². The van der Waals surface area contributed by atoms with E-state index in [1.807, 2.05) is 17.5 Å². The predicted octanol–water partition coefficient (Wildman–Crippen LogP) is 4.19. The standard InChI is InChI=1S/C18H16FN3OS/c19-14-5-3-13(4-6-14)9-10-20-17-8-7-15(12-21-17)22-18(23)16-2-1-11-24-16/h1-8,11-12H,9-10H2,(H,20,21)(H,22,23). The van der Waals surface area contributed by atoms with Crippen LogP contribution in [0.3, 0.4) is 0 Å². The van der Waals surface area contributed by atoms with E-state index >= 15 is 0 Å². The third-order valence-electron chi connectivity index (χ3n) is 3.40. The molecule has 0 saturated heterocycles. The van der Waals surface area contributed by atoms with Gasteiger partial charge in [-0.05, 0) is 47.7 Å². The van der Waals surface area contributed by atoms with Gasteiger partial charge >= 0.3 is 0 Å². The number of thiophene rings is 1. The van der Waals surface area contributed by atoms with Gasteiger partial charge in [0.1, 0.15) is 11.6 Å². The Labute approximate surface area is 143 Å². The first-order valence-corrected chi connectivity index (χ1v) is 8.38. The molecule has 0 atom stereocenters. The summed E-state index contributed by atoms with van der Waals surface area (Å²) in [6.07, 6.45) is 2.39. The van der Waals surface area contributed by atoms with Crippen LogP contribution in [0.2, 0.25) is 0 Å². The molecular weight excluding hydrogens is 325 g/mol. The van der Waals surface area contributed by atoms with E-state index in [-0.39, 0.29) is 11.7 Å². The number of rotatable bonds is 6. The fraction of sp³-hybridized carbons (Fsp3) is 0.111. The maximum Gasteiger partial charge on any atom is 0.265 e. The molecule has 2 N–H and O–H groups in total. The van der Waals surface area contributed by atoms with E-state index in [4.69, 9.17) is 0 Å². The van der Waals surface area contributed by atoms with Crippen molar-refractivity contribution in [3.05, 3.63) is 76.4 Å². The number of aromatic nitrogens is 1. The van der Waals surface area contributed by atoms with E-state index in [0.29, 0.717) is 17.1 Å². The monoisotopic (exact) mass is 341 g/mol. The van der Waals surface area contributed by atoms with Gasteiger partial charge in [-0.25, -0.2) is 9.37 Å². The van der Waals surface area contributed by atoms with Crippen molar-refractivity contribution in [3.63, 3.8) is 0 Å². The number of pyridine rings is 1. The Morgan fingerprint density at radius 1 is 1.12 bits per heavy atom. The van der Waals surface area contributed by atoms with Crippen LogP contribution in [-0.2, 0) is 6.42 Å². The molecule has 0 saturated carbocycles. The van der Waals surface area contributed by atoms with E-state index in [2.05, 4.69) is 15.6 Å². The van der Waals surface area contributed by atoms with Gasteiger partial charge in [0.25, 0.3) is 5.91 Å². The molecule has 0 bridgehead atoms. The average molecular weight is 341 g/mol. The summed E-state index contributed by atoms with van der Waals surface area (Å²) in [5.41, 5.74) is 1.71. The molecule has 122 valence electrons. The molecule has 4 nitrogen and oxygen atoms in total. The molecule has 1 aromatic carbocycles. The van der Waals surface area contributed by atoms with Crippen LogP contribution in [0.15, 0.2) is 60.1 Å². The Bertz CT molecular complexity index is 786. The molecule has 0 unspecified atom stereocenters. The number of carbonyl (C=O) groups is 1. The van der Waals surface area contributed by atoms with Crippen LogP contribution < -0.4 is 10.6 Å². The maximum atomic E-state index is 12.8. The SMILES string of the molecule is O=C(Nc1ccc(NCCc2ccc(F)cc2)nc1)c1cccs1. The Morgan fingerprint density at radius 3 is 2.62 bits per heavy atom. The van der Waals surface area contributed by atoms with Crippen LogP contribution in [-0.4, -0.2) is 17.4 Å². The van der Waals surface area contributed by atoms with Gasteiger partial charge in [0.15, 0.2) is 0 Å². The Balaban J connectivity index is 1.49. The largest absolute Gasteiger partial charge is 0.370 e. The molecule has 24 heavy (non-hydrogen) atoms. The zero-order valence-corrected chi connectivity index (χ0v) is 13.6. The summed E-state index contributed by atoms with van der Waals surface area (Å²) >= 11 is 1.40. The molecule has 0 fully saturated rings. The lowest BCUT2D eigenvalue weighted by Gasteiger charge is -2.07. The lowest BCUT2D eigenvalue weighted by atomic mass is 10.1. The summed E-state index contributed by atoms with van der Waals surface area (Å²) in [5.74, 6) is 0.364. The second-order valence-electron chi connectivity index (χ2n) is 5.17. The van der Waals surface area contributed by atoms with Crippen molar-refractivity contribution in [1.82, 2.24) is 4.98 Å². The quantitative estimate of drug-likeness (QED) is 0.707. The Hall–Kier alpha value is -2.73. The van der Waals surface area contributed by atoms with Gasteiger partial charge in [-0.1, -0.05) is 18.2 Å². The van der Waals surface area contributed by atoms with Crippen molar-refractivity contribution >= 4 is 28.7 Å². The van der Waals surface area contributed by atoms with Gasteiger partial charge in [-0.15, -0.1) is 11.3 Å². The number of anilines is 2. The number of nitrogens with zero attached hydrogens (tertiary/aromatic N) is 1. The van der Waals surface area contributed by atoms with Crippen molar-refractivity contribution in [2.75, 3.05) is 17.2 Å². The Morgan fingerprint density at radius 2 is 1.96 bits per heavy atom. The second-order valence-corrected chi connectivity index (χ2v) is 6.11. The number of carbonyl (C=O) groups excluding carboxylic acids is 1. The molecule has 2 heterocycles. The zero-order valence-electron chi connectivity index (χ0n) is 12.8. The lowest BCUT2D eigenvalue weighted by molar-refractivity contribution is 0.103. The zero-order chi connectivity index (χ0) is 16.8. The third-order valence-corrected chi connectivity index (χ3v) is 4.27. The van der Waals surface area contributed by atoms with Crippen molar-refractivity contribution in [2.24, 2.45) is 0 Å². The van der Waals surface area contributed by atoms with Gasteiger partial charge < -0.3 is 10.6 Å². The van der Waals surface area contributed by atoms with Crippen molar-refractivity contribution in [2.45, 2.75) is 6.42 Å². The normalized spacial score (nSPS) is 10.4. The summed E-state index contributed by atoms with van der Waals surface area (Å²) in [4.78, 5) is 16.9. The van der Waals surface area contributed by atoms with Crippen LogP contribution in [0.1, 0.15) is 15.2 Å². The molecule has 2 aromatic heterocycles. The minimum Gasteiger partial charge on any atom is -0.370 e. The average Bonchev–Trinajstić information content (AvgIpc) is 3.13. The van der Waals surface area contributed by atoms with Crippen LogP contribution >= 0.6 is 11.3 Å². The first-order valence-electron chi connectivity index (χ1n) is 7.50. The predicted molar refractivity (Wildman–Crippen MR) is 95.1 cm³/mol.